The van der Waals surface area contributed by atoms with Crippen molar-refractivity contribution >= 4 is 21.6 Å². The molecular weight excluding hydrogens is 348 g/mol. The second-order valence-electron chi connectivity index (χ2n) is 6.58. The molecule has 0 aliphatic rings. The maximum Gasteiger partial charge on any atom is 0.251 e. The highest BCUT2D eigenvalue weighted by molar-refractivity contribution is 7.92. The first-order chi connectivity index (χ1) is 12.2. The number of carbonyl (C=O) groups excluding carboxylic acids is 1. The fourth-order valence-corrected chi connectivity index (χ4v) is 3.35. The fraction of sp³-hybridized carbons (Fsp3) is 0.350. The summed E-state index contributed by atoms with van der Waals surface area (Å²) in [6.07, 6.45) is 2.86. The quantitative estimate of drug-likeness (QED) is 0.810. The third-order valence-corrected chi connectivity index (χ3v) is 5.66. The van der Waals surface area contributed by atoms with E-state index in [0.717, 1.165) is 19.1 Å². The van der Waals surface area contributed by atoms with Gasteiger partial charge in [0, 0.05) is 18.7 Å². The minimum absolute atomic E-state index is 0.0124. The molecule has 0 saturated carbocycles. The molecule has 1 amide bonds. The monoisotopic (exact) mass is 374 g/mol. The van der Waals surface area contributed by atoms with Gasteiger partial charge in [0.05, 0.1) is 11.9 Å². The minimum atomic E-state index is -3.38. The van der Waals surface area contributed by atoms with Crippen LogP contribution in [0, 0.1) is 6.92 Å². The molecule has 0 aliphatic heterocycles. The summed E-state index contributed by atoms with van der Waals surface area (Å²) in [7, 11) is -1.89. The van der Waals surface area contributed by atoms with Crippen molar-refractivity contribution in [3.63, 3.8) is 0 Å². The van der Waals surface area contributed by atoms with Crippen LogP contribution < -0.4 is 9.62 Å². The van der Waals surface area contributed by atoms with Gasteiger partial charge in [-0.05, 0) is 49.9 Å². The van der Waals surface area contributed by atoms with E-state index in [0.29, 0.717) is 16.8 Å². The Hall–Kier alpha value is -2.34. The van der Waals surface area contributed by atoms with Crippen LogP contribution in [0.3, 0.4) is 0 Å². The molecule has 0 aromatic heterocycles. The van der Waals surface area contributed by atoms with E-state index >= 15 is 0 Å². The highest BCUT2D eigenvalue weighted by Gasteiger charge is 2.19. The van der Waals surface area contributed by atoms with E-state index in [2.05, 4.69) is 17.4 Å². The number of anilines is 1. The zero-order valence-electron chi connectivity index (χ0n) is 15.7. The van der Waals surface area contributed by atoms with E-state index in [9.17, 15) is 13.2 Å². The first-order valence-electron chi connectivity index (χ1n) is 8.58. The lowest BCUT2D eigenvalue weighted by Crippen LogP contribution is -2.34. The van der Waals surface area contributed by atoms with Crippen LogP contribution in [0.4, 0.5) is 5.69 Å². The summed E-state index contributed by atoms with van der Waals surface area (Å²) in [6.45, 7) is 3.74. The lowest BCUT2D eigenvalue weighted by molar-refractivity contribution is 0.0938. The van der Waals surface area contributed by atoms with Crippen molar-refractivity contribution in [2.75, 3.05) is 17.6 Å². The molecule has 0 radical (unpaired) electrons. The predicted octanol–water partition coefficient (Wildman–Crippen LogP) is 3.14. The summed E-state index contributed by atoms with van der Waals surface area (Å²) < 4.78 is 24.8. The van der Waals surface area contributed by atoms with Gasteiger partial charge < -0.3 is 5.32 Å². The maximum atomic E-state index is 12.6. The van der Waals surface area contributed by atoms with Crippen molar-refractivity contribution < 1.29 is 13.2 Å². The van der Waals surface area contributed by atoms with Gasteiger partial charge in [-0.2, -0.15) is 0 Å². The Balaban J connectivity index is 2.07. The fourth-order valence-electron chi connectivity index (χ4n) is 2.79. The first-order valence-corrected chi connectivity index (χ1v) is 10.4. The SMILES string of the molecule is Cc1c(C(=O)N[C@@H](C)CCc2ccccc2)cccc1N(C)S(C)(=O)=O. The Morgan fingerprint density at radius 2 is 1.77 bits per heavy atom. The van der Waals surface area contributed by atoms with E-state index in [1.165, 1.54) is 16.9 Å². The van der Waals surface area contributed by atoms with Gasteiger partial charge in [-0.15, -0.1) is 0 Å². The maximum absolute atomic E-state index is 12.6. The normalized spacial score (nSPS) is 12.5. The molecule has 0 saturated heterocycles. The number of hydrogen-bond donors (Lipinski definition) is 1. The molecule has 0 unspecified atom stereocenters. The molecule has 0 fully saturated rings. The highest BCUT2D eigenvalue weighted by atomic mass is 32.2. The molecule has 5 nitrogen and oxygen atoms in total. The standard InChI is InChI=1S/C20H26N2O3S/c1-15(13-14-17-9-6-5-7-10-17)21-20(23)18-11-8-12-19(16(18)2)22(3)26(4,24)25/h5-12,15H,13-14H2,1-4H3,(H,21,23)/t15-/m0/s1. The number of benzene rings is 2. The second kappa shape index (κ2) is 8.36. The van der Waals surface area contributed by atoms with E-state index in [1.54, 1.807) is 25.1 Å². The van der Waals surface area contributed by atoms with Gasteiger partial charge >= 0.3 is 0 Å². The number of hydrogen-bond acceptors (Lipinski definition) is 3. The van der Waals surface area contributed by atoms with Crippen LogP contribution in [-0.4, -0.2) is 33.7 Å². The van der Waals surface area contributed by atoms with Gasteiger partial charge in [-0.1, -0.05) is 36.4 Å². The zero-order valence-corrected chi connectivity index (χ0v) is 16.5. The Morgan fingerprint density at radius 1 is 1.12 bits per heavy atom. The van der Waals surface area contributed by atoms with Crippen LogP contribution >= 0.6 is 0 Å². The molecule has 1 atom stereocenters. The number of carbonyl (C=O) groups is 1. The number of nitrogens with one attached hydrogen (secondary N) is 1. The van der Waals surface area contributed by atoms with Gasteiger partial charge in [0.15, 0.2) is 0 Å². The van der Waals surface area contributed by atoms with Crippen LogP contribution in [0.1, 0.15) is 34.8 Å². The van der Waals surface area contributed by atoms with Gasteiger partial charge in [-0.25, -0.2) is 8.42 Å². The molecule has 2 rings (SSSR count). The summed E-state index contributed by atoms with van der Waals surface area (Å²) >= 11 is 0. The van der Waals surface area contributed by atoms with Gasteiger partial charge in [0.1, 0.15) is 0 Å². The summed E-state index contributed by atoms with van der Waals surface area (Å²) in [5.41, 5.74) is 2.89. The molecule has 2 aromatic rings. The van der Waals surface area contributed by atoms with Crippen molar-refractivity contribution in [2.24, 2.45) is 0 Å². The molecular formula is C20H26N2O3S. The summed E-state index contributed by atoms with van der Waals surface area (Å²) in [6, 6.07) is 15.3. The Bertz CT molecular complexity index is 864. The topological polar surface area (TPSA) is 66.5 Å². The van der Waals surface area contributed by atoms with Crippen molar-refractivity contribution in [2.45, 2.75) is 32.7 Å². The van der Waals surface area contributed by atoms with Crippen molar-refractivity contribution in [1.29, 1.82) is 0 Å². The molecule has 0 spiro atoms. The molecule has 0 bridgehead atoms. The summed E-state index contributed by atoms with van der Waals surface area (Å²) in [5.74, 6) is -0.188. The van der Waals surface area contributed by atoms with E-state index in [-0.39, 0.29) is 11.9 Å². The molecule has 1 N–H and O–H groups in total. The number of aryl methyl sites for hydroxylation is 1. The van der Waals surface area contributed by atoms with Crippen molar-refractivity contribution in [3.8, 4) is 0 Å². The minimum Gasteiger partial charge on any atom is -0.350 e. The van der Waals surface area contributed by atoms with Crippen molar-refractivity contribution in [1.82, 2.24) is 5.32 Å². The Kier molecular flexibility index (Phi) is 6.42. The predicted molar refractivity (Wildman–Crippen MR) is 106 cm³/mol. The van der Waals surface area contributed by atoms with Gasteiger partial charge in [-0.3, -0.25) is 9.10 Å². The van der Waals surface area contributed by atoms with Gasteiger partial charge in [0.2, 0.25) is 10.0 Å². The van der Waals surface area contributed by atoms with Gasteiger partial charge in [0.25, 0.3) is 5.91 Å². The van der Waals surface area contributed by atoms with Crippen LogP contribution in [0.5, 0.6) is 0 Å². The molecule has 140 valence electrons. The van der Waals surface area contributed by atoms with E-state index in [1.807, 2.05) is 25.1 Å². The van der Waals surface area contributed by atoms with Crippen LogP contribution in [0.15, 0.2) is 48.5 Å². The highest BCUT2D eigenvalue weighted by Crippen LogP contribution is 2.24. The summed E-state index contributed by atoms with van der Waals surface area (Å²) in [5, 5.41) is 3.01. The lowest BCUT2D eigenvalue weighted by Gasteiger charge is -2.21. The molecule has 6 heteroatoms. The largest absolute Gasteiger partial charge is 0.350 e. The average Bonchev–Trinajstić information content (AvgIpc) is 2.59. The third kappa shape index (κ3) is 5.08. The number of amides is 1. The molecule has 2 aromatic carbocycles. The first kappa shape index (κ1) is 20.0. The second-order valence-corrected chi connectivity index (χ2v) is 8.59. The Morgan fingerprint density at radius 3 is 2.38 bits per heavy atom. The van der Waals surface area contributed by atoms with E-state index < -0.39 is 10.0 Å². The third-order valence-electron chi connectivity index (χ3n) is 4.47. The molecule has 0 aliphatic carbocycles. The van der Waals surface area contributed by atoms with Crippen LogP contribution in [0.2, 0.25) is 0 Å². The zero-order chi connectivity index (χ0) is 19.3. The Labute approximate surface area is 156 Å². The lowest BCUT2D eigenvalue weighted by atomic mass is 10.0. The number of sulfonamides is 1. The summed E-state index contributed by atoms with van der Waals surface area (Å²) in [4.78, 5) is 12.6. The average molecular weight is 375 g/mol. The molecule has 26 heavy (non-hydrogen) atoms. The number of rotatable bonds is 7. The smallest absolute Gasteiger partial charge is 0.251 e. The number of nitrogens with zero attached hydrogens (tertiary/aromatic N) is 1. The molecule has 0 heterocycles. The van der Waals surface area contributed by atoms with Crippen LogP contribution in [-0.2, 0) is 16.4 Å². The van der Waals surface area contributed by atoms with Crippen molar-refractivity contribution in [3.05, 3.63) is 65.2 Å². The van der Waals surface area contributed by atoms with E-state index in [4.69, 9.17) is 0 Å². The van der Waals surface area contributed by atoms with Crippen LogP contribution in [0.25, 0.3) is 0 Å².